The summed E-state index contributed by atoms with van der Waals surface area (Å²) >= 11 is 3.68. The van der Waals surface area contributed by atoms with E-state index in [0.29, 0.717) is 65.5 Å². The Morgan fingerprint density at radius 2 is 1.44 bits per heavy atom. The summed E-state index contributed by atoms with van der Waals surface area (Å²) in [5.74, 6) is -7.29. The number of Topliss-reactive ketones (excluding diaryl/α,β-unsaturated/α-hetero) is 6. The number of thioether (sulfide) groups is 2. The zero-order valence-electron chi connectivity index (χ0n) is 64.0. The molecule has 0 spiro atoms. The largest absolute Gasteiger partial charge is 0.465 e. The number of carbonyl (C=O) groups is 14. The molecular formula is C76H116N8O18S3. The van der Waals surface area contributed by atoms with E-state index in [-0.39, 0.29) is 187 Å². The molecule has 12 atom stereocenters. The Bertz CT molecular complexity index is 3290. The lowest BCUT2D eigenvalue weighted by atomic mass is 9.81. The number of rotatable bonds is 31. The predicted octanol–water partition coefficient (Wildman–Crippen LogP) is 8.24. The second kappa shape index (κ2) is 45.8. The average molecular weight is 1530 g/mol. The molecule has 105 heavy (non-hydrogen) atoms. The third-order valence-corrected chi connectivity index (χ3v) is 23.9. The van der Waals surface area contributed by atoms with Crippen molar-refractivity contribution < 1.29 is 86.4 Å². The highest BCUT2D eigenvalue weighted by molar-refractivity contribution is 8.20. The first kappa shape index (κ1) is 90.6. The quantitative estimate of drug-likeness (QED) is 0.0235. The van der Waals surface area contributed by atoms with Crippen molar-refractivity contribution in [2.75, 3.05) is 57.9 Å². The first-order valence-electron chi connectivity index (χ1n) is 37.0. The Balaban J connectivity index is 1.60. The van der Waals surface area contributed by atoms with Crippen LogP contribution in [0.15, 0.2) is 23.6 Å². The number of hydrogen-bond donors (Lipinski definition) is 6. The number of nitrogens with zero attached hydrogens (tertiary/aromatic N) is 3. The molecule has 6 N–H and O–H groups in total. The molecule has 4 rings (SSSR count). The van der Waals surface area contributed by atoms with Crippen molar-refractivity contribution in [3.05, 3.63) is 45.4 Å². The zero-order valence-corrected chi connectivity index (χ0v) is 66.5. The van der Waals surface area contributed by atoms with E-state index in [1.807, 2.05) is 60.5 Å². The number of thiazole rings is 1. The van der Waals surface area contributed by atoms with Crippen molar-refractivity contribution in [2.24, 2.45) is 29.6 Å². The van der Waals surface area contributed by atoms with Crippen LogP contribution in [0.3, 0.4) is 0 Å². The SMILES string of the molecule is CC[C@H](C)[C@H](CC(=O)C(C)(C)N(C)C)C(=O)N(C)[C@H](C[C@@H](OC(C)=O)c1nc(C(=O)N[C@@H](Cc2ccc3c(c2)NC(=O)CCCCC(=O)C(C)NC(=O)C(CCCCNC(=O)CCOCCO)CC(=O)C2SCSC2C(=O)CC(C)C(=O)NC(C)C(=O)CCCCC(=O)C3)CC(C)OC=O)cs1)C(C)C. The summed E-state index contributed by atoms with van der Waals surface area (Å²) < 4.78 is 16.4. The molecule has 1 aromatic carbocycles. The summed E-state index contributed by atoms with van der Waals surface area (Å²) in [6, 6.07) is 2.04. The molecular weight excluding hydrogens is 1410 g/mol. The normalized spacial score (nSPS) is 21.6. The Kier molecular flexibility index (Phi) is 39.5. The van der Waals surface area contributed by atoms with Gasteiger partial charge in [-0.1, -0.05) is 59.6 Å². The third-order valence-electron chi connectivity index (χ3n) is 19.9. The second-order valence-corrected chi connectivity index (χ2v) is 32.6. The van der Waals surface area contributed by atoms with E-state index in [9.17, 15) is 67.1 Å². The molecule has 1 fully saturated rings. The number of anilines is 1. The van der Waals surface area contributed by atoms with E-state index in [0.717, 1.165) is 11.3 Å². The van der Waals surface area contributed by atoms with Crippen LogP contribution in [0.5, 0.6) is 0 Å². The molecule has 1 aromatic heterocycles. The molecule has 6 amide bonds. The Hall–Kier alpha value is -6.79. The van der Waals surface area contributed by atoms with Gasteiger partial charge < -0.3 is 50.8 Å². The van der Waals surface area contributed by atoms with Crippen LogP contribution in [0, 0.1) is 29.6 Å². The molecule has 0 radical (unpaired) electrons. The molecule has 0 saturated carbocycles. The number of ketones is 6. The van der Waals surface area contributed by atoms with E-state index in [1.165, 1.54) is 35.8 Å². The second-order valence-electron chi connectivity index (χ2n) is 29.1. The molecule has 0 aliphatic carbocycles. The molecule has 2 aliphatic rings. The van der Waals surface area contributed by atoms with Crippen molar-refractivity contribution in [3.63, 3.8) is 0 Å². The maximum atomic E-state index is 14.5. The maximum Gasteiger partial charge on any atom is 0.303 e. The van der Waals surface area contributed by atoms with E-state index in [2.05, 4.69) is 31.6 Å². The molecule has 26 nitrogen and oxygen atoms in total. The minimum Gasteiger partial charge on any atom is -0.465 e. The van der Waals surface area contributed by atoms with Gasteiger partial charge in [-0.2, -0.15) is 0 Å². The summed E-state index contributed by atoms with van der Waals surface area (Å²) in [5, 5.41) is 23.9. The van der Waals surface area contributed by atoms with Gasteiger partial charge >= 0.3 is 5.97 Å². The van der Waals surface area contributed by atoms with Gasteiger partial charge in [0.2, 0.25) is 29.5 Å². The summed E-state index contributed by atoms with van der Waals surface area (Å²) in [5.41, 5.74) is 0.568. The van der Waals surface area contributed by atoms with E-state index < -0.39 is 99.8 Å². The number of aromatic nitrogens is 1. The van der Waals surface area contributed by atoms with Crippen LogP contribution in [0.25, 0.3) is 0 Å². The van der Waals surface area contributed by atoms with Crippen molar-refractivity contribution in [1.29, 1.82) is 0 Å². The summed E-state index contributed by atoms with van der Waals surface area (Å²) in [4.78, 5) is 198. The highest BCUT2D eigenvalue weighted by Crippen LogP contribution is 2.40. The first-order chi connectivity index (χ1) is 49.6. The molecule has 0 bridgehead atoms. The number of aliphatic hydroxyl groups is 1. The lowest BCUT2D eigenvalue weighted by Gasteiger charge is -2.38. The molecule has 7 unspecified atom stereocenters. The average Bonchev–Trinajstić information content (AvgIpc) is 1.54. The number of benzene rings is 1. The van der Waals surface area contributed by atoms with Crippen molar-refractivity contribution >= 4 is 123 Å². The standard InChI is InChI=1S/C76H116N8O18S3/c1-15-46(4)57(40-66(93)76(10,11)83(12)13)75(99)84(14)60(45(2)3)41-65(102-51(9)87)74-82-59(42-103-74)73(98)80-55(35-48(6)101-43-86)36-52-27-28-53-38-56(88)23-16-17-24-61(89)49(7)78-71(96)47(5)34-63(91)69-70(105-44-104-69)64(92)39-54(22-20-21-30-77-67(94)29-32-100-33-31-85)72(97)79-50(8)62(90)25-18-19-26-68(95)81-58(53)37-52/h27-28,37,42-43,45-50,54-55,57,60,65,69-70,85H,15-26,29-36,38-41,44H2,1-14H3,(H,77,94)(H,78,96)(H,79,97)(H,80,98)(H,81,95)/t46-,47?,48?,49?,50?,54?,55+,57-,60+,65+,69?,70?/m0/s1. The van der Waals surface area contributed by atoms with Gasteiger partial charge in [0.25, 0.3) is 12.4 Å². The lowest BCUT2D eigenvalue weighted by Crippen LogP contribution is -2.50. The van der Waals surface area contributed by atoms with Gasteiger partial charge in [-0.25, -0.2) is 4.98 Å². The fourth-order valence-corrected chi connectivity index (χ4v) is 16.5. The number of esters is 1. The third kappa shape index (κ3) is 30.4. The Morgan fingerprint density at radius 1 is 0.810 bits per heavy atom. The molecule has 29 heteroatoms. The van der Waals surface area contributed by atoms with Gasteiger partial charge in [0.1, 0.15) is 34.2 Å². The maximum absolute atomic E-state index is 14.5. The molecule has 586 valence electrons. The van der Waals surface area contributed by atoms with Crippen LogP contribution in [0.4, 0.5) is 5.69 Å². The van der Waals surface area contributed by atoms with Crippen molar-refractivity contribution in [3.8, 4) is 0 Å². The zero-order chi connectivity index (χ0) is 78.3. The molecule has 3 heterocycles. The monoisotopic (exact) mass is 1520 g/mol. The van der Waals surface area contributed by atoms with Gasteiger partial charge in [-0.15, -0.1) is 34.9 Å². The lowest BCUT2D eigenvalue weighted by molar-refractivity contribution is -0.150. The molecule has 1 saturated heterocycles. The van der Waals surface area contributed by atoms with Gasteiger partial charge in [0, 0.05) is 137 Å². The minimum atomic E-state index is -0.977. The van der Waals surface area contributed by atoms with E-state index >= 15 is 0 Å². The van der Waals surface area contributed by atoms with Crippen LogP contribution < -0.4 is 26.6 Å². The number of fused-ring (bicyclic) bond motifs is 2. The van der Waals surface area contributed by atoms with E-state index in [4.69, 9.17) is 19.3 Å². The Morgan fingerprint density at radius 3 is 2.05 bits per heavy atom. The topological polar surface area (TPSA) is 366 Å². The van der Waals surface area contributed by atoms with E-state index in [1.54, 1.807) is 57.8 Å². The van der Waals surface area contributed by atoms with Gasteiger partial charge in [0.15, 0.2) is 23.5 Å². The molecule has 2 aromatic rings. The highest BCUT2D eigenvalue weighted by atomic mass is 32.2. The fraction of sp³-hybridized carbons (Fsp3) is 0.697. The first-order valence-corrected chi connectivity index (χ1v) is 39.9. The number of amides is 6. The number of unbranched alkanes of at least 4 members (excludes halogenated alkanes) is 1. The van der Waals surface area contributed by atoms with Crippen LogP contribution in [0.1, 0.15) is 224 Å². The summed E-state index contributed by atoms with van der Waals surface area (Å²) in [7, 11) is 5.34. The Labute approximate surface area is 632 Å². The number of carbonyl (C=O) groups excluding carboxylic acids is 14. The van der Waals surface area contributed by atoms with Crippen LogP contribution in [0.2, 0.25) is 0 Å². The highest BCUT2D eigenvalue weighted by Gasteiger charge is 2.43. The smallest absolute Gasteiger partial charge is 0.303 e. The number of likely N-dealkylation sites (N-methyl/N-ethyl adjacent to an activating group) is 1. The number of nitrogens with one attached hydrogen (secondary N) is 5. The predicted molar refractivity (Wildman–Crippen MR) is 404 cm³/mol. The fourth-order valence-electron chi connectivity index (χ4n) is 12.5. The van der Waals surface area contributed by atoms with Crippen LogP contribution in [-0.4, -0.2) is 201 Å². The van der Waals surface area contributed by atoms with Crippen LogP contribution in [-0.2, 0) is 89.4 Å². The number of aliphatic hydroxyl groups excluding tert-OH is 1. The van der Waals surface area contributed by atoms with Gasteiger partial charge in [0.05, 0.1) is 47.9 Å². The number of hydrogen-bond acceptors (Lipinski definition) is 23. The number of ether oxygens (including phenoxy) is 3. The minimum absolute atomic E-state index is 0.00247. The molecule has 2 aliphatic heterocycles. The van der Waals surface area contributed by atoms with Crippen molar-refractivity contribution in [2.45, 2.75) is 257 Å². The van der Waals surface area contributed by atoms with Gasteiger partial charge in [-0.3, -0.25) is 72.0 Å². The summed E-state index contributed by atoms with van der Waals surface area (Å²) in [6.45, 7) is 19.7. The summed E-state index contributed by atoms with van der Waals surface area (Å²) in [6.07, 6.45) is 1.31. The van der Waals surface area contributed by atoms with Crippen LogP contribution >= 0.6 is 34.9 Å². The van der Waals surface area contributed by atoms with Crippen molar-refractivity contribution in [1.82, 2.24) is 36.1 Å². The van der Waals surface area contributed by atoms with Gasteiger partial charge in [-0.05, 0) is 123 Å².